The molecule has 0 aliphatic carbocycles. The highest BCUT2D eigenvalue weighted by molar-refractivity contribution is 6.36. The molecule has 27 heavy (non-hydrogen) atoms. The largest absolute Gasteiger partial charge is 0.451 e. The molecule has 142 valence electrons. The summed E-state index contributed by atoms with van der Waals surface area (Å²) in [5.74, 6) is -1.67. The Hall–Kier alpha value is -2.57. The Morgan fingerprint density at radius 3 is 2.41 bits per heavy atom. The number of halogens is 2. The van der Waals surface area contributed by atoms with Crippen molar-refractivity contribution in [2.45, 2.75) is 13.0 Å². The maximum atomic E-state index is 12.3. The molecular weight excluding hydrogens is 391 g/mol. The zero-order valence-corrected chi connectivity index (χ0v) is 16.3. The fraction of sp³-hybridized carbons (Fsp3) is 0.211. The monoisotopic (exact) mass is 408 g/mol. The van der Waals surface area contributed by atoms with E-state index in [2.05, 4.69) is 5.32 Å². The lowest BCUT2D eigenvalue weighted by Crippen LogP contribution is -2.39. The third kappa shape index (κ3) is 5.70. The first kappa shape index (κ1) is 20.7. The summed E-state index contributed by atoms with van der Waals surface area (Å²) in [5.41, 5.74) is 0.859. The molecule has 2 aromatic carbocycles. The lowest BCUT2D eigenvalue weighted by atomic mass is 10.2. The summed E-state index contributed by atoms with van der Waals surface area (Å²) in [6.45, 7) is 1.07. The fourth-order valence-corrected chi connectivity index (χ4v) is 2.76. The van der Waals surface area contributed by atoms with Crippen LogP contribution in [0.4, 0.5) is 5.69 Å². The van der Waals surface area contributed by atoms with Crippen LogP contribution in [0, 0.1) is 0 Å². The Kier molecular flexibility index (Phi) is 7.21. The average molecular weight is 409 g/mol. The molecule has 0 spiro atoms. The van der Waals surface area contributed by atoms with Crippen molar-refractivity contribution >= 4 is 46.7 Å². The average Bonchev–Trinajstić information content (AvgIpc) is 2.65. The lowest BCUT2D eigenvalue weighted by Gasteiger charge is -2.21. The molecule has 1 atom stereocenters. The van der Waals surface area contributed by atoms with Crippen LogP contribution in [0.5, 0.6) is 0 Å². The minimum atomic E-state index is -1.00. The molecule has 2 amide bonds. The summed E-state index contributed by atoms with van der Waals surface area (Å²) in [5, 5.41) is 2.96. The first-order chi connectivity index (χ1) is 12.8. The normalized spacial score (nSPS) is 11.4. The Bertz CT molecular complexity index is 843. The Morgan fingerprint density at radius 2 is 1.78 bits per heavy atom. The van der Waals surface area contributed by atoms with E-state index < -0.39 is 24.5 Å². The van der Waals surface area contributed by atoms with Crippen molar-refractivity contribution in [3.63, 3.8) is 0 Å². The number of nitrogens with one attached hydrogen (secondary N) is 1. The van der Waals surface area contributed by atoms with Crippen molar-refractivity contribution in [3.05, 3.63) is 64.1 Å². The van der Waals surface area contributed by atoms with Crippen LogP contribution in [0.25, 0.3) is 0 Å². The number of nitrogens with zero attached hydrogens (tertiary/aromatic N) is 1. The maximum absolute atomic E-state index is 12.3. The van der Waals surface area contributed by atoms with Gasteiger partial charge in [-0.1, -0.05) is 41.4 Å². The number of anilines is 1. The van der Waals surface area contributed by atoms with Gasteiger partial charge in [-0.2, -0.15) is 0 Å². The van der Waals surface area contributed by atoms with Gasteiger partial charge in [0.05, 0.1) is 10.6 Å². The summed E-state index contributed by atoms with van der Waals surface area (Å²) in [7, 11) is 1.59. The van der Waals surface area contributed by atoms with E-state index in [1.54, 1.807) is 31.3 Å². The SMILES string of the molecule is C[C@@H](OC(=O)CNC(=O)c1ccc(Cl)cc1Cl)C(=O)N(C)c1ccccc1. The van der Waals surface area contributed by atoms with Gasteiger partial charge in [-0.05, 0) is 37.3 Å². The molecule has 0 aliphatic heterocycles. The highest BCUT2D eigenvalue weighted by Gasteiger charge is 2.22. The number of hydrogen-bond donors (Lipinski definition) is 1. The van der Waals surface area contributed by atoms with Crippen LogP contribution in [0.1, 0.15) is 17.3 Å². The molecular formula is C19H18Cl2N2O4. The van der Waals surface area contributed by atoms with E-state index in [1.807, 2.05) is 6.07 Å². The molecule has 0 aliphatic rings. The van der Waals surface area contributed by atoms with Gasteiger partial charge in [0.25, 0.3) is 11.8 Å². The van der Waals surface area contributed by atoms with Crippen LogP contribution in [-0.4, -0.2) is 37.5 Å². The van der Waals surface area contributed by atoms with Crippen LogP contribution >= 0.6 is 23.2 Å². The number of esters is 1. The van der Waals surface area contributed by atoms with Gasteiger partial charge in [0.2, 0.25) is 0 Å². The zero-order chi connectivity index (χ0) is 20.0. The molecule has 0 saturated carbocycles. The van der Waals surface area contributed by atoms with Crippen molar-refractivity contribution < 1.29 is 19.1 Å². The van der Waals surface area contributed by atoms with Crippen molar-refractivity contribution in [2.24, 2.45) is 0 Å². The molecule has 0 radical (unpaired) electrons. The Labute approximate surface area is 167 Å². The predicted molar refractivity (Wildman–Crippen MR) is 104 cm³/mol. The van der Waals surface area contributed by atoms with E-state index in [1.165, 1.54) is 30.0 Å². The minimum absolute atomic E-state index is 0.168. The van der Waals surface area contributed by atoms with Gasteiger partial charge in [-0.25, -0.2) is 0 Å². The van der Waals surface area contributed by atoms with Crippen molar-refractivity contribution in [3.8, 4) is 0 Å². The number of likely N-dealkylation sites (N-methyl/N-ethyl adjacent to an activating group) is 1. The van der Waals surface area contributed by atoms with Gasteiger partial charge in [-0.15, -0.1) is 0 Å². The number of rotatable bonds is 6. The number of benzene rings is 2. The van der Waals surface area contributed by atoms with Gasteiger partial charge in [0.15, 0.2) is 6.10 Å². The highest BCUT2D eigenvalue weighted by atomic mass is 35.5. The van der Waals surface area contributed by atoms with E-state index in [0.29, 0.717) is 10.7 Å². The summed E-state index contributed by atoms with van der Waals surface area (Å²) in [4.78, 5) is 37.7. The van der Waals surface area contributed by atoms with Crippen LogP contribution in [0.3, 0.4) is 0 Å². The lowest BCUT2D eigenvalue weighted by molar-refractivity contribution is -0.152. The Morgan fingerprint density at radius 1 is 1.11 bits per heavy atom. The standard InChI is InChI=1S/C19H18Cl2N2O4/c1-12(19(26)23(2)14-6-4-3-5-7-14)27-17(24)11-22-18(25)15-9-8-13(20)10-16(15)21/h3-10,12H,11H2,1-2H3,(H,22,25)/t12-/m1/s1. The van der Waals surface area contributed by atoms with E-state index in [0.717, 1.165) is 0 Å². The first-order valence-electron chi connectivity index (χ1n) is 8.05. The van der Waals surface area contributed by atoms with E-state index in [9.17, 15) is 14.4 Å². The Balaban J connectivity index is 1.87. The van der Waals surface area contributed by atoms with E-state index in [-0.39, 0.29) is 16.5 Å². The molecule has 1 N–H and O–H groups in total. The molecule has 0 unspecified atom stereocenters. The number of hydrogen-bond acceptors (Lipinski definition) is 4. The highest BCUT2D eigenvalue weighted by Crippen LogP contribution is 2.20. The third-order valence-corrected chi connectivity index (χ3v) is 4.25. The molecule has 6 nitrogen and oxygen atoms in total. The van der Waals surface area contributed by atoms with Crippen molar-refractivity contribution in [1.82, 2.24) is 5.32 Å². The zero-order valence-electron chi connectivity index (χ0n) is 14.7. The van der Waals surface area contributed by atoms with Gasteiger partial charge < -0.3 is 15.0 Å². The third-order valence-electron chi connectivity index (χ3n) is 3.70. The van der Waals surface area contributed by atoms with Gasteiger partial charge in [-0.3, -0.25) is 14.4 Å². The van der Waals surface area contributed by atoms with E-state index in [4.69, 9.17) is 27.9 Å². The molecule has 0 bridgehead atoms. The van der Waals surface area contributed by atoms with Crippen LogP contribution in [0.15, 0.2) is 48.5 Å². The summed E-state index contributed by atoms with van der Waals surface area (Å²) >= 11 is 11.7. The molecule has 2 rings (SSSR count). The van der Waals surface area contributed by atoms with E-state index >= 15 is 0 Å². The second-order valence-corrected chi connectivity index (χ2v) is 6.52. The van der Waals surface area contributed by atoms with Crippen LogP contribution in [0.2, 0.25) is 10.0 Å². The molecule has 0 saturated heterocycles. The van der Waals surface area contributed by atoms with Crippen LogP contribution < -0.4 is 10.2 Å². The fourth-order valence-electron chi connectivity index (χ4n) is 2.26. The van der Waals surface area contributed by atoms with Gasteiger partial charge >= 0.3 is 5.97 Å². The number of ether oxygens (including phenoxy) is 1. The van der Waals surface area contributed by atoms with Crippen molar-refractivity contribution in [2.75, 3.05) is 18.5 Å². The summed E-state index contributed by atoms with van der Waals surface area (Å²) in [6, 6.07) is 13.4. The molecule has 2 aromatic rings. The summed E-state index contributed by atoms with van der Waals surface area (Å²) < 4.78 is 5.09. The smallest absolute Gasteiger partial charge is 0.326 e. The molecule has 0 fully saturated rings. The first-order valence-corrected chi connectivity index (χ1v) is 8.80. The number of para-hydroxylation sites is 1. The molecule has 0 aromatic heterocycles. The topological polar surface area (TPSA) is 75.7 Å². The summed E-state index contributed by atoms with van der Waals surface area (Å²) in [6.07, 6.45) is -1.00. The second kappa shape index (κ2) is 9.39. The number of carbonyl (C=O) groups excluding carboxylic acids is 3. The number of amides is 2. The predicted octanol–water partition coefficient (Wildman–Crippen LogP) is 3.32. The number of carbonyl (C=O) groups is 3. The second-order valence-electron chi connectivity index (χ2n) is 5.67. The van der Waals surface area contributed by atoms with Gasteiger partial charge in [0.1, 0.15) is 6.54 Å². The van der Waals surface area contributed by atoms with Crippen LogP contribution in [-0.2, 0) is 14.3 Å². The van der Waals surface area contributed by atoms with Gasteiger partial charge in [0, 0.05) is 17.8 Å². The van der Waals surface area contributed by atoms with Crippen molar-refractivity contribution in [1.29, 1.82) is 0 Å². The molecule has 0 heterocycles. The molecule has 8 heteroatoms. The maximum Gasteiger partial charge on any atom is 0.326 e. The minimum Gasteiger partial charge on any atom is -0.451 e. The quantitative estimate of drug-likeness (QED) is 0.743.